The van der Waals surface area contributed by atoms with Crippen LogP contribution >= 0.6 is 15.9 Å². The zero-order valence-electron chi connectivity index (χ0n) is 13.2. The number of benzene rings is 2. The third-order valence-corrected chi connectivity index (χ3v) is 4.14. The van der Waals surface area contributed by atoms with Crippen molar-refractivity contribution in [2.75, 3.05) is 6.54 Å². The summed E-state index contributed by atoms with van der Waals surface area (Å²) in [6.45, 7) is 0.895. The molecule has 0 radical (unpaired) electrons. The molecule has 0 spiro atoms. The average molecular weight is 393 g/mol. The van der Waals surface area contributed by atoms with Crippen molar-refractivity contribution in [2.24, 2.45) is 0 Å². The summed E-state index contributed by atoms with van der Waals surface area (Å²) in [6, 6.07) is 16.8. The summed E-state index contributed by atoms with van der Waals surface area (Å²) in [5, 5.41) is 24.9. The van der Waals surface area contributed by atoms with Crippen molar-refractivity contribution < 1.29 is 15.0 Å². The van der Waals surface area contributed by atoms with Gasteiger partial charge in [0.05, 0.1) is 12.1 Å². The van der Waals surface area contributed by atoms with Crippen LogP contribution < -0.4 is 10.6 Å². The number of halogens is 1. The first-order chi connectivity index (χ1) is 11.5. The van der Waals surface area contributed by atoms with E-state index in [1.165, 1.54) is 0 Å². The van der Waals surface area contributed by atoms with Crippen LogP contribution in [0.1, 0.15) is 11.1 Å². The number of aliphatic hydroxyl groups is 1. The van der Waals surface area contributed by atoms with E-state index in [0.29, 0.717) is 19.5 Å². The molecule has 2 rings (SSSR count). The van der Waals surface area contributed by atoms with Gasteiger partial charge in [0.2, 0.25) is 0 Å². The number of hydrogen-bond donors (Lipinski definition) is 4. The molecule has 2 atom stereocenters. The van der Waals surface area contributed by atoms with Crippen molar-refractivity contribution in [3.05, 3.63) is 70.2 Å². The highest BCUT2D eigenvalue weighted by molar-refractivity contribution is 9.10. The van der Waals surface area contributed by atoms with Crippen molar-refractivity contribution in [3.63, 3.8) is 0 Å². The molecule has 0 aliphatic rings. The Morgan fingerprint density at radius 2 is 1.79 bits per heavy atom. The van der Waals surface area contributed by atoms with E-state index in [0.717, 1.165) is 15.6 Å². The smallest absolute Gasteiger partial charge is 0.404 e. The van der Waals surface area contributed by atoms with E-state index >= 15 is 0 Å². The zero-order chi connectivity index (χ0) is 17.4. The van der Waals surface area contributed by atoms with Crippen LogP contribution in [-0.4, -0.2) is 35.0 Å². The summed E-state index contributed by atoms with van der Waals surface area (Å²) in [5.41, 5.74) is 2.06. The molecule has 0 heterocycles. The van der Waals surface area contributed by atoms with E-state index in [2.05, 4.69) is 26.6 Å². The van der Waals surface area contributed by atoms with Crippen LogP contribution in [0.4, 0.5) is 4.79 Å². The fourth-order valence-electron chi connectivity index (χ4n) is 2.46. The van der Waals surface area contributed by atoms with Gasteiger partial charge in [0.25, 0.3) is 0 Å². The molecule has 0 unspecified atom stereocenters. The third-order valence-electron chi connectivity index (χ3n) is 3.64. The molecule has 24 heavy (non-hydrogen) atoms. The number of carbonyl (C=O) groups is 1. The van der Waals surface area contributed by atoms with Crippen LogP contribution in [0.2, 0.25) is 0 Å². The summed E-state index contributed by atoms with van der Waals surface area (Å²) in [5.74, 6) is 0. The van der Waals surface area contributed by atoms with Gasteiger partial charge >= 0.3 is 6.09 Å². The maximum atomic E-state index is 11.0. The Morgan fingerprint density at radius 1 is 1.08 bits per heavy atom. The normalized spacial score (nSPS) is 13.2. The standard InChI is InChI=1S/C18H21BrN2O3/c19-15-8-4-7-14(9-15)11-20-12-17(22)16(21-18(23)24)10-13-5-2-1-3-6-13/h1-9,16-17,20-22H,10-12H2,(H,23,24)/t16-,17+/m0/s1. The highest BCUT2D eigenvalue weighted by Gasteiger charge is 2.21. The lowest BCUT2D eigenvalue weighted by molar-refractivity contribution is 0.117. The van der Waals surface area contributed by atoms with Crippen LogP contribution in [-0.2, 0) is 13.0 Å². The van der Waals surface area contributed by atoms with Crippen LogP contribution in [0.15, 0.2) is 59.1 Å². The molecule has 6 heteroatoms. The number of aliphatic hydroxyl groups excluding tert-OH is 1. The molecule has 4 N–H and O–H groups in total. The van der Waals surface area contributed by atoms with E-state index in [4.69, 9.17) is 5.11 Å². The quantitative estimate of drug-likeness (QED) is 0.556. The second kappa shape index (κ2) is 9.42. The summed E-state index contributed by atoms with van der Waals surface area (Å²) >= 11 is 3.42. The lowest BCUT2D eigenvalue weighted by Gasteiger charge is -2.23. The highest BCUT2D eigenvalue weighted by atomic mass is 79.9. The maximum absolute atomic E-state index is 11.0. The Kier molecular flexibility index (Phi) is 7.24. The Hall–Kier alpha value is -1.89. The molecule has 0 aromatic heterocycles. The molecule has 128 valence electrons. The Labute approximate surface area is 149 Å². The van der Waals surface area contributed by atoms with Crippen LogP contribution in [0.25, 0.3) is 0 Å². The molecule has 0 aliphatic carbocycles. The van der Waals surface area contributed by atoms with E-state index in [-0.39, 0.29) is 0 Å². The lowest BCUT2D eigenvalue weighted by atomic mass is 10.0. The number of rotatable bonds is 8. The topological polar surface area (TPSA) is 81.6 Å². The first-order valence-corrected chi connectivity index (χ1v) is 8.50. The first-order valence-electron chi connectivity index (χ1n) is 7.71. The number of nitrogens with one attached hydrogen (secondary N) is 2. The second-order valence-corrected chi connectivity index (χ2v) is 6.49. The van der Waals surface area contributed by atoms with Gasteiger partial charge in [-0.15, -0.1) is 0 Å². The van der Waals surface area contributed by atoms with Gasteiger partial charge in [0.15, 0.2) is 0 Å². The van der Waals surface area contributed by atoms with E-state index in [1.807, 2.05) is 54.6 Å². The average Bonchev–Trinajstić information content (AvgIpc) is 2.55. The van der Waals surface area contributed by atoms with Gasteiger partial charge in [0.1, 0.15) is 0 Å². The first kappa shape index (κ1) is 18.4. The lowest BCUT2D eigenvalue weighted by Crippen LogP contribution is -2.48. The minimum Gasteiger partial charge on any atom is -0.465 e. The molecule has 5 nitrogen and oxygen atoms in total. The van der Waals surface area contributed by atoms with Gasteiger partial charge in [0, 0.05) is 17.6 Å². The fraction of sp³-hybridized carbons (Fsp3) is 0.278. The highest BCUT2D eigenvalue weighted by Crippen LogP contribution is 2.11. The largest absolute Gasteiger partial charge is 0.465 e. The van der Waals surface area contributed by atoms with Crippen molar-refractivity contribution in [1.82, 2.24) is 10.6 Å². The number of amides is 1. The van der Waals surface area contributed by atoms with Crippen LogP contribution in [0.5, 0.6) is 0 Å². The van der Waals surface area contributed by atoms with Crippen molar-refractivity contribution >= 4 is 22.0 Å². The number of carboxylic acid groups (broad SMARTS) is 1. The second-order valence-electron chi connectivity index (χ2n) is 5.57. The molecule has 0 aliphatic heterocycles. The zero-order valence-corrected chi connectivity index (χ0v) is 14.7. The molecule has 0 saturated carbocycles. The predicted octanol–water partition coefficient (Wildman–Crippen LogP) is 2.78. The molecule has 1 amide bonds. The van der Waals surface area contributed by atoms with E-state index < -0.39 is 18.2 Å². The van der Waals surface area contributed by atoms with Crippen LogP contribution in [0, 0.1) is 0 Å². The SMILES string of the molecule is O=C(O)N[C@@H](Cc1ccccc1)[C@H](O)CNCc1cccc(Br)c1. The van der Waals surface area contributed by atoms with E-state index in [1.54, 1.807) is 0 Å². The summed E-state index contributed by atoms with van der Waals surface area (Å²) in [6.07, 6.45) is -1.53. The van der Waals surface area contributed by atoms with Gasteiger partial charge < -0.3 is 20.8 Å². The maximum Gasteiger partial charge on any atom is 0.404 e. The monoisotopic (exact) mass is 392 g/mol. The molecule has 2 aromatic carbocycles. The third kappa shape index (κ3) is 6.31. The van der Waals surface area contributed by atoms with Crippen molar-refractivity contribution in [2.45, 2.75) is 25.1 Å². The van der Waals surface area contributed by atoms with Gasteiger partial charge in [-0.25, -0.2) is 4.79 Å². The molecule has 0 saturated heterocycles. The molecular weight excluding hydrogens is 372 g/mol. The van der Waals surface area contributed by atoms with Gasteiger partial charge in [-0.3, -0.25) is 0 Å². The minimum absolute atomic E-state index is 0.296. The van der Waals surface area contributed by atoms with Gasteiger partial charge in [-0.1, -0.05) is 58.4 Å². The Balaban J connectivity index is 1.89. The Bertz CT molecular complexity index is 652. The van der Waals surface area contributed by atoms with Crippen molar-refractivity contribution in [1.29, 1.82) is 0 Å². The number of hydrogen-bond acceptors (Lipinski definition) is 3. The summed E-state index contributed by atoms with van der Waals surface area (Å²) in [4.78, 5) is 11.0. The summed E-state index contributed by atoms with van der Waals surface area (Å²) < 4.78 is 0.997. The summed E-state index contributed by atoms with van der Waals surface area (Å²) in [7, 11) is 0. The molecule has 0 fully saturated rings. The van der Waals surface area contributed by atoms with Gasteiger partial charge in [-0.05, 0) is 29.7 Å². The molecular formula is C18H21BrN2O3. The predicted molar refractivity (Wildman–Crippen MR) is 97.0 cm³/mol. The van der Waals surface area contributed by atoms with Gasteiger partial charge in [-0.2, -0.15) is 0 Å². The fourth-order valence-corrected chi connectivity index (χ4v) is 2.91. The molecule has 2 aromatic rings. The van der Waals surface area contributed by atoms with Crippen molar-refractivity contribution in [3.8, 4) is 0 Å². The molecule has 0 bridgehead atoms. The Morgan fingerprint density at radius 3 is 2.46 bits per heavy atom. The minimum atomic E-state index is -1.14. The van der Waals surface area contributed by atoms with Crippen LogP contribution in [0.3, 0.4) is 0 Å². The van der Waals surface area contributed by atoms with E-state index in [9.17, 15) is 9.90 Å².